The molecule has 1 saturated heterocycles. The van der Waals surface area contributed by atoms with Crippen molar-refractivity contribution in [2.75, 3.05) is 39.4 Å². The summed E-state index contributed by atoms with van der Waals surface area (Å²) in [6, 6.07) is 0.297. The minimum atomic E-state index is 0. The van der Waals surface area contributed by atoms with Gasteiger partial charge in [0, 0.05) is 38.6 Å². The molecule has 0 saturated carbocycles. The third kappa shape index (κ3) is 6.96. The summed E-state index contributed by atoms with van der Waals surface area (Å²) < 4.78 is 5.32. The minimum Gasteiger partial charge on any atom is -0.377 e. The van der Waals surface area contributed by atoms with Gasteiger partial charge in [-0.1, -0.05) is 18.6 Å². The lowest BCUT2D eigenvalue weighted by Gasteiger charge is -2.19. The smallest absolute Gasteiger partial charge is 0.222 e. The molecule has 1 fully saturated rings. The lowest BCUT2D eigenvalue weighted by Crippen LogP contribution is -2.45. The Kier molecular flexibility index (Phi) is 10.3. The van der Waals surface area contributed by atoms with E-state index in [4.69, 9.17) is 4.74 Å². The standard InChI is InChI=1S/C17H30N4O2.HI/c1-3-16(22)21-10-6-15(13-21)20-17(18-4-2)19-9-5-14-7-11-23-12-8-14;/h7,15H,3-6,8-13H2,1-2H3,(H2,18,19,20);1H. The number of carbonyl (C=O) groups excluding carboxylic acids is 1. The first kappa shape index (κ1) is 21.2. The average Bonchev–Trinajstić information content (AvgIpc) is 3.04. The molecule has 0 aromatic carbocycles. The van der Waals surface area contributed by atoms with Crippen molar-refractivity contribution >= 4 is 35.8 Å². The van der Waals surface area contributed by atoms with E-state index in [2.05, 4.69) is 28.6 Å². The van der Waals surface area contributed by atoms with Gasteiger partial charge in [-0.3, -0.25) is 9.79 Å². The predicted molar refractivity (Wildman–Crippen MR) is 108 cm³/mol. The molecule has 0 aromatic heterocycles. The van der Waals surface area contributed by atoms with Crippen molar-refractivity contribution in [2.45, 2.75) is 45.6 Å². The molecule has 1 amide bonds. The van der Waals surface area contributed by atoms with Crippen LogP contribution in [0.1, 0.15) is 39.5 Å². The van der Waals surface area contributed by atoms with Crippen LogP contribution in [0.5, 0.6) is 0 Å². The molecule has 2 N–H and O–H groups in total. The molecule has 7 heteroatoms. The molecule has 1 atom stereocenters. The van der Waals surface area contributed by atoms with E-state index in [9.17, 15) is 4.79 Å². The number of carbonyl (C=O) groups is 1. The Bertz CT molecular complexity index is 454. The third-order valence-electron chi connectivity index (χ3n) is 4.29. The topological polar surface area (TPSA) is 66.0 Å². The van der Waals surface area contributed by atoms with Crippen molar-refractivity contribution in [1.29, 1.82) is 0 Å². The molecule has 2 rings (SSSR count). The number of halogens is 1. The van der Waals surface area contributed by atoms with Gasteiger partial charge in [0.25, 0.3) is 0 Å². The first-order chi connectivity index (χ1) is 11.2. The number of likely N-dealkylation sites (tertiary alicyclic amines) is 1. The summed E-state index contributed by atoms with van der Waals surface area (Å²) in [4.78, 5) is 18.4. The zero-order chi connectivity index (χ0) is 16.5. The number of guanidine groups is 1. The molecule has 0 bridgehead atoms. The van der Waals surface area contributed by atoms with E-state index >= 15 is 0 Å². The highest BCUT2D eigenvalue weighted by Crippen LogP contribution is 2.12. The number of hydrogen-bond donors (Lipinski definition) is 2. The van der Waals surface area contributed by atoms with Crippen molar-refractivity contribution < 1.29 is 9.53 Å². The Morgan fingerprint density at radius 2 is 2.29 bits per heavy atom. The molecule has 138 valence electrons. The Hall–Kier alpha value is -0.830. The van der Waals surface area contributed by atoms with Crippen LogP contribution < -0.4 is 10.6 Å². The number of ether oxygens (including phenoxy) is 1. The second kappa shape index (κ2) is 11.7. The fourth-order valence-corrected chi connectivity index (χ4v) is 2.95. The van der Waals surface area contributed by atoms with E-state index in [0.29, 0.717) is 12.5 Å². The average molecular weight is 450 g/mol. The van der Waals surface area contributed by atoms with E-state index in [1.807, 2.05) is 11.8 Å². The van der Waals surface area contributed by atoms with Crippen molar-refractivity contribution in [3.05, 3.63) is 11.6 Å². The van der Waals surface area contributed by atoms with E-state index in [0.717, 1.165) is 64.6 Å². The van der Waals surface area contributed by atoms with Crippen LogP contribution in [0.25, 0.3) is 0 Å². The van der Waals surface area contributed by atoms with Gasteiger partial charge < -0.3 is 20.3 Å². The molecule has 2 heterocycles. The van der Waals surface area contributed by atoms with E-state index in [1.54, 1.807) is 0 Å². The molecule has 1 unspecified atom stereocenters. The van der Waals surface area contributed by atoms with Crippen LogP contribution in [0, 0.1) is 0 Å². The van der Waals surface area contributed by atoms with Gasteiger partial charge in [-0.15, -0.1) is 24.0 Å². The van der Waals surface area contributed by atoms with E-state index in [-0.39, 0.29) is 29.9 Å². The lowest BCUT2D eigenvalue weighted by molar-refractivity contribution is -0.129. The predicted octanol–water partition coefficient (Wildman–Crippen LogP) is 1.91. The van der Waals surface area contributed by atoms with E-state index < -0.39 is 0 Å². The summed E-state index contributed by atoms with van der Waals surface area (Å²) in [5.41, 5.74) is 1.44. The molecule has 2 aliphatic rings. The second-order valence-electron chi connectivity index (χ2n) is 6.02. The first-order valence-corrected chi connectivity index (χ1v) is 8.81. The summed E-state index contributed by atoms with van der Waals surface area (Å²) in [6.07, 6.45) is 5.75. The molecule has 6 nitrogen and oxygen atoms in total. The summed E-state index contributed by atoms with van der Waals surface area (Å²) in [6.45, 7) is 8.80. The van der Waals surface area contributed by atoms with Crippen molar-refractivity contribution in [3.8, 4) is 0 Å². The fraction of sp³-hybridized carbons (Fsp3) is 0.765. The summed E-state index contributed by atoms with van der Waals surface area (Å²) >= 11 is 0. The van der Waals surface area contributed by atoms with Crippen LogP contribution in [-0.4, -0.2) is 62.2 Å². The number of hydrogen-bond acceptors (Lipinski definition) is 3. The van der Waals surface area contributed by atoms with Gasteiger partial charge in [0.2, 0.25) is 5.91 Å². The SMILES string of the molecule is CCNC(=NCCC1=CCOCC1)NC1CCN(C(=O)CC)C1.I. The lowest BCUT2D eigenvalue weighted by atomic mass is 10.1. The Morgan fingerprint density at radius 1 is 1.46 bits per heavy atom. The largest absolute Gasteiger partial charge is 0.377 e. The molecular formula is C17H31IN4O2. The molecule has 2 aliphatic heterocycles. The molecule has 24 heavy (non-hydrogen) atoms. The molecule has 0 spiro atoms. The maximum absolute atomic E-state index is 11.8. The highest BCUT2D eigenvalue weighted by Gasteiger charge is 2.25. The van der Waals surface area contributed by atoms with Crippen LogP contribution in [0.4, 0.5) is 0 Å². The van der Waals surface area contributed by atoms with E-state index in [1.165, 1.54) is 5.57 Å². The van der Waals surface area contributed by atoms with Gasteiger partial charge in [-0.25, -0.2) is 0 Å². The van der Waals surface area contributed by atoms with Crippen LogP contribution >= 0.6 is 24.0 Å². The zero-order valence-electron chi connectivity index (χ0n) is 14.8. The third-order valence-corrected chi connectivity index (χ3v) is 4.29. The number of nitrogens with one attached hydrogen (secondary N) is 2. The zero-order valence-corrected chi connectivity index (χ0v) is 17.2. The number of rotatable bonds is 6. The van der Waals surface area contributed by atoms with Gasteiger partial charge in [0.15, 0.2) is 5.96 Å². The highest BCUT2D eigenvalue weighted by molar-refractivity contribution is 14.0. The van der Waals surface area contributed by atoms with Crippen molar-refractivity contribution in [3.63, 3.8) is 0 Å². The van der Waals surface area contributed by atoms with Gasteiger partial charge in [-0.2, -0.15) is 0 Å². The maximum Gasteiger partial charge on any atom is 0.222 e. The molecular weight excluding hydrogens is 419 g/mol. The van der Waals surface area contributed by atoms with Crippen LogP contribution in [0.3, 0.4) is 0 Å². The summed E-state index contributed by atoms with van der Waals surface area (Å²) in [5.74, 6) is 1.10. The molecule has 0 aliphatic carbocycles. The first-order valence-electron chi connectivity index (χ1n) is 8.81. The van der Waals surface area contributed by atoms with Crippen LogP contribution in [0.2, 0.25) is 0 Å². The monoisotopic (exact) mass is 450 g/mol. The van der Waals surface area contributed by atoms with Gasteiger partial charge in [-0.05, 0) is 26.2 Å². The summed E-state index contributed by atoms with van der Waals surface area (Å²) in [7, 11) is 0. The fourth-order valence-electron chi connectivity index (χ4n) is 2.95. The highest BCUT2D eigenvalue weighted by atomic mass is 127. The quantitative estimate of drug-likeness (QED) is 0.281. The van der Waals surface area contributed by atoms with Gasteiger partial charge in [0.1, 0.15) is 0 Å². The Morgan fingerprint density at radius 3 is 2.96 bits per heavy atom. The number of nitrogens with zero attached hydrogens (tertiary/aromatic N) is 2. The van der Waals surface area contributed by atoms with Gasteiger partial charge >= 0.3 is 0 Å². The second-order valence-corrected chi connectivity index (χ2v) is 6.02. The Balaban J connectivity index is 0.00000288. The number of amides is 1. The van der Waals surface area contributed by atoms with Crippen molar-refractivity contribution in [1.82, 2.24) is 15.5 Å². The normalized spacial score (nSPS) is 21.1. The molecule has 0 radical (unpaired) electrons. The van der Waals surface area contributed by atoms with Crippen LogP contribution in [0.15, 0.2) is 16.6 Å². The Labute approximate surface area is 162 Å². The van der Waals surface area contributed by atoms with Crippen LogP contribution in [-0.2, 0) is 9.53 Å². The number of aliphatic imine (C=N–C) groups is 1. The van der Waals surface area contributed by atoms with Gasteiger partial charge in [0.05, 0.1) is 13.2 Å². The van der Waals surface area contributed by atoms with Crippen molar-refractivity contribution in [2.24, 2.45) is 4.99 Å². The molecule has 0 aromatic rings. The minimum absolute atomic E-state index is 0. The maximum atomic E-state index is 11.8. The summed E-state index contributed by atoms with van der Waals surface area (Å²) in [5, 5.41) is 6.76.